The van der Waals surface area contributed by atoms with Crippen LogP contribution in [0.15, 0.2) is 47.4 Å². The Morgan fingerprint density at radius 3 is 2.71 bits per heavy atom. The summed E-state index contributed by atoms with van der Waals surface area (Å²) in [5, 5.41) is -0.0865. The van der Waals surface area contributed by atoms with E-state index in [9.17, 15) is 9.59 Å². The normalized spacial score (nSPS) is 22.9. The lowest BCUT2D eigenvalue weighted by Crippen LogP contribution is -2.24. The summed E-state index contributed by atoms with van der Waals surface area (Å²) in [4.78, 5) is 25.7. The smallest absolute Gasteiger partial charge is 0.309 e. The molecule has 0 bridgehead atoms. The van der Waals surface area contributed by atoms with Crippen LogP contribution >= 0.6 is 11.8 Å². The minimum atomic E-state index is -0.647. The highest BCUT2D eigenvalue weighted by Gasteiger charge is 2.41. The molecule has 146 valence electrons. The van der Waals surface area contributed by atoms with E-state index in [2.05, 4.69) is 0 Å². The summed E-state index contributed by atoms with van der Waals surface area (Å²) in [6.07, 6.45) is -0.00387. The third-order valence-corrected chi connectivity index (χ3v) is 6.40. The minimum Gasteiger partial charge on any atom is -0.469 e. The molecule has 6 heteroatoms. The molecule has 2 aliphatic heterocycles. The summed E-state index contributed by atoms with van der Waals surface area (Å²) in [7, 11) is 1.37. The summed E-state index contributed by atoms with van der Waals surface area (Å²) in [6, 6.07) is 13.2. The van der Waals surface area contributed by atoms with Gasteiger partial charge in [-0.3, -0.25) is 9.59 Å². The number of fused-ring (bicyclic) bond motifs is 2. The molecule has 0 radical (unpaired) electrons. The number of hydrogen-bond donors (Lipinski definition) is 0. The van der Waals surface area contributed by atoms with Crippen LogP contribution in [0.25, 0.3) is 0 Å². The van der Waals surface area contributed by atoms with Crippen molar-refractivity contribution in [2.24, 2.45) is 0 Å². The fourth-order valence-electron chi connectivity index (χ4n) is 3.64. The van der Waals surface area contributed by atoms with Crippen molar-refractivity contribution >= 4 is 23.5 Å². The number of thioether (sulfide) groups is 1. The first-order valence-corrected chi connectivity index (χ1v) is 10.1. The maximum Gasteiger partial charge on any atom is 0.309 e. The van der Waals surface area contributed by atoms with E-state index in [-0.39, 0.29) is 29.5 Å². The molecular formula is C22H22O5S. The third kappa shape index (κ3) is 3.60. The fraction of sp³-hybridized carbons (Fsp3) is 0.364. The van der Waals surface area contributed by atoms with Gasteiger partial charge in [-0.05, 0) is 37.1 Å². The van der Waals surface area contributed by atoms with Crippen molar-refractivity contribution in [3.05, 3.63) is 64.7 Å². The van der Waals surface area contributed by atoms with Crippen molar-refractivity contribution in [1.29, 1.82) is 0 Å². The Labute approximate surface area is 168 Å². The van der Waals surface area contributed by atoms with E-state index in [1.54, 1.807) is 17.8 Å². The van der Waals surface area contributed by atoms with Gasteiger partial charge in [0.25, 0.3) is 0 Å². The molecular weight excluding hydrogens is 376 g/mol. The number of esters is 1. The molecule has 2 aromatic rings. The van der Waals surface area contributed by atoms with Gasteiger partial charge in [-0.2, -0.15) is 0 Å². The van der Waals surface area contributed by atoms with E-state index in [0.717, 1.165) is 16.0 Å². The number of methoxy groups -OCH3 is 1. The Morgan fingerprint density at radius 2 is 2.00 bits per heavy atom. The molecule has 1 fully saturated rings. The van der Waals surface area contributed by atoms with E-state index >= 15 is 0 Å². The summed E-state index contributed by atoms with van der Waals surface area (Å²) < 4.78 is 16.7. The second kappa shape index (κ2) is 7.35. The lowest BCUT2D eigenvalue weighted by atomic mass is 9.94. The van der Waals surface area contributed by atoms with Gasteiger partial charge in [0.2, 0.25) is 0 Å². The van der Waals surface area contributed by atoms with E-state index in [0.29, 0.717) is 17.7 Å². The fourth-order valence-corrected chi connectivity index (χ4v) is 5.04. The van der Waals surface area contributed by atoms with Crippen LogP contribution in [0.5, 0.6) is 0 Å². The first-order chi connectivity index (χ1) is 13.4. The van der Waals surface area contributed by atoms with Gasteiger partial charge in [-0.1, -0.05) is 30.3 Å². The Bertz CT molecular complexity index is 936. The van der Waals surface area contributed by atoms with Crippen molar-refractivity contribution in [2.75, 3.05) is 13.7 Å². The molecule has 0 amide bonds. The minimum absolute atomic E-state index is 0.0107. The van der Waals surface area contributed by atoms with Gasteiger partial charge in [0.1, 0.15) is 6.10 Å². The highest BCUT2D eigenvalue weighted by atomic mass is 32.2. The van der Waals surface area contributed by atoms with E-state index in [4.69, 9.17) is 14.2 Å². The molecule has 2 aliphatic rings. The van der Waals surface area contributed by atoms with Gasteiger partial charge < -0.3 is 14.2 Å². The molecule has 2 atom stereocenters. The molecule has 0 aliphatic carbocycles. The first kappa shape index (κ1) is 19.2. The molecule has 2 unspecified atom stereocenters. The molecule has 4 rings (SSSR count). The van der Waals surface area contributed by atoms with Crippen LogP contribution in [0.3, 0.4) is 0 Å². The number of hydrogen-bond acceptors (Lipinski definition) is 6. The average molecular weight is 398 g/mol. The largest absolute Gasteiger partial charge is 0.469 e. The van der Waals surface area contributed by atoms with Crippen LogP contribution in [-0.2, 0) is 25.4 Å². The number of benzene rings is 2. The highest BCUT2D eigenvalue weighted by Crippen LogP contribution is 2.47. The van der Waals surface area contributed by atoms with Gasteiger partial charge in [-0.25, -0.2) is 0 Å². The van der Waals surface area contributed by atoms with Crippen LogP contribution in [0.2, 0.25) is 0 Å². The maximum atomic E-state index is 13.2. The Hall–Kier alpha value is -2.15. The number of ether oxygens (including phenoxy) is 3. The van der Waals surface area contributed by atoms with Crippen LogP contribution in [0.1, 0.15) is 46.1 Å². The summed E-state index contributed by atoms with van der Waals surface area (Å²) in [6.45, 7) is 4.26. The lowest BCUT2D eigenvalue weighted by molar-refractivity contribution is -0.140. The molecule has 0 N–H and O–H groups in total. The van der Waals surface area contributed by atoms with Crippen LogP contribution in [0.4, 0.5) is 0 Å². The first-order valence-electron chi connectivity index (χ1n) is 9.20. The predicted molar refractivity (Wildman–Crippen MR) is 106 cm³/mol. The van der Waals surface area contributed by atoms with Crippen molar-refractivity contribution in [3.8, 4) is 0 Å². The molecule has 5 nitrogen and oxygen atoms in total. The van der Waals surface area contributed by atoms with Gasteiger partial charge in [0.05, 0.1) is 25.4 Å². The third-order valence-electron chi connectivity index (χ3n) is 5.00. The molecule has 2 aromatic carbocycles. The van der Waals surface area contributed by atoms with E-state index < -0.39 is 5.79 Å². The van der Waals surface area contributed by atoms with Crippen molar-refractivity contribution in [1.82, 2.24) is 0 Å². The zero-order valence-electron chi connectivity index (χ0n) is 16.1. The van der Waals surface area contributed by atoms with E-state index in [1.165, 1.54) is 7.11 Å². The van der Waals surface area contributed by atoms with Crippen molar-refractivity contribution < 1.29 is 23.8 Å². The zero-order valence-corrected chi connectivity index (χ0v) is 16.9. The molecule has 0 spiro atoms. The lowest BCUT2D eigenvalue weighted by Gasteiger charge is -2.24. The quantitative estimate of drug-likeness (QED) is 0.730. The van der Waals surface area contributed by atoms with Crippen LogP contribution in [-0.4, -0.2) is 37.4 Å². The molecule has 0 saturated carbocycles. The van der Waals surface area contributed by atoms with E-state index in [1.807, 2.05) is 50.2 Å². The molecule has 1 saturated heterocycles. The topological polar surface area (TPSA) is 61.8 Å². The second-order valence-electron chi connectivity index (χ2n) is 7.41. The molecule has 2 heterocycles. The number of rotatable bonds is 3. The van der Waals surface area contributed by atoms with Gasteiger partial charge in [-0.15, -0.1) is 11.8 Å². The number of carbonyl (C=O) groups is 2. The Morgan fingerprint density at radius 1 is 1.21 bits per heavy atom. The number of carbonyl (C=O) groups excluding carboxylic acids is 2. The molecule has 28 heavy (non-hydrogen) atoms. The Balaban J connectivity index is 1.77. The second-order valence-corrected chi connectivity index (χ2v) is 8.59. The van der Waals surface area contributed by atoms with Gasteiger partial charge >= 0.3 is 5.97 Å². The van der Waals surface area contributed by atoms with Crippen molar-refractivity contribution in [2.45, 2.75) is 42.3 Å². The van der Waals surface area contributed by atoms with Crippen LogP contribution < -0.4 is 0 Å². The number of ketones is 1. The SMILES string of the molecule is COC(=O)Cc1ccc2c(c1)SC(C1COC(C)(C)O1)c1ccccc1C2=O. The standard InChI is InChI=1S/C22H22O5S/c1-22(2)26-12-17(27-22)21-15-7-5-4-6-14(15)20(24)16-9-8-13(10-18(16)28-21)11-19(23)25-3/h4-10,17,21H,11-12H2,1-3H3. The maximum absolute atomic E-state index is 13.2. The summed E-state index contributed by atoms with van der Waals surface area (Å²) in [5.74, 6) is -0.964. The predicted octanol–water partition coefficient (Wildman–Crippen LogP) is 3.93. The summed E-state index contributed by atoms with van der Waals surface area (Å²) >= 11 is 1.59. The highest BCUT2D eigenvalue weighted by molar-refractivity contribution is 7.99. The zero-order chi connectivity index (χ0) is 19.9. The average Bonchev–Trinajstić information content (AvgIpc) is 2.99. The summed E-state index contributed by atoms with van der Waals surface area (Å²) in [5.41, 5.74) is 3.11. The van der Waals surface area contributed by atoms with Gasteiger partial charge in [0.15, 0.2) is 11.6 Å². The van der Waals surface area contributed by atoms with Crippen molar-refractivity contribution in [3.63, 3.8) is 0 Å². The monoisotopic (exact) mass is 398 g/mol. The Kier molecular flexibility index (Phi) is 5.04. The van der Waals surface area contributed by atoms with Crippen LogP contribution in [0, 0.1) is 0 Å². The molecule has 0 aromatic heterocycles. The van der Waals surface area contributed by atoms with Gasteiger partial charge in [0, 0.05) is 16.0 Å².